The fourth-order valence-corrected chi connectivity index (χ4v) is 3.23. The molecule has 0 fully saturated rings. The van der Waals surface area contributed by atoms with Crippen LogP contribution in [-0.4, -0.2) is 23.9 Å². The molecule has 120 valence electrons. The van der Waals surface area contributed by atoms with E-state index in [1.165, 1.54) is 17.5 Å². The fraction of sp³-hybridized carbons (Fsp3) is 0.350. The number of rotatable bonds is 6. The summed E-state index contributed by atoms with van der Waals surface area (Å²) in [7, 11) is 0. The molecule has 2 aromatic rings. The first kappa shape index (κ1) is 15.8. The minimum atomic E-state index is 0.108. The molecule has 0 saturated carbocycles. The minimum absolute atomic E-state index is 0.108. The molecule has 0 bridgehead atoms. The maximum Gasteiger partial charge on any atom is 0.254 e. The second-order valence-corrected chi connectivity index (χ2v) is 6.19. The third-order valence-electron chi connectivity index (χ3n) is 4.48. The van der Waals surface area contributed by atoms with Crippen molar-refractivity contribution in [3.63, 3.8) is 0 Å². The number of hydrogen-bond acceptors (Lipinski definition) is 2. The van der Waals surface area contributed by atoms with E-state index in [9.17, 15) is 4.79 Å². The van der Waals surface area contributed by atoms with E-state index in [1.807, 2.05) is 29.2 Å². The Kier molecular flexibility index (Phi) is 5.09. The molecule has 3 heteroatoms. The van der Waals surface area contributed by atoms with Crippen LogP contribution in [-0.2, 0) is 19.4 Å². The SMILES string of the molecule is NCCCN(Cc1ccccc1)C(=O)c1ccc2c(c1)CCC2. The molecule has 1 amide bonds. The molecular formula is C20H24N2O. The van der Waals surface area contributed by atoms with Crippen LogP contribution in [0, 0.1) is 0 Å². The van der Waals surface area contributed by atoms with Gasteiger partial charge in [0, 0.05) is 18.7 Å². The number of nitrogens with two attached hydrogens (primary N) is 1. The smallest absolute Gasteiger partial charge is 0.254 e. The summed E-state index contributed by atoms with van der Waals surface area (Å²) in [6, 6.07) is 16.3. The van der Waals surface area contributed by atoms with Gasteiger partial charge in [0.2, 0.25) is 0 Å². The lowest BCUT2D eigenvalue weighted by Gasteiger charge is -2.23. The molecule has 1 aliphatic rings. The first-order chi connectivity index (χ1) is 11.3. The summed E-state index contributed by atoms with van der Waals surface area (Å²) in [5.41, 5.74) is 10.3. The molecule has 0 heterocycles. The number of nitrogens with zero attached hydrogens (tertiary/aromatic N) is 1. The van der Waals surface area contributed by atoms with Gasteiger partial charge < -0.3 is 10.6 Å². The van der Waals surface area contributed by atoms with E-state index in [1.54, 1.807) is 0 Å². The van der Waals surface area contributed by atoms with Crippen LogP contribution in [0.1, 0.15) is 39.9 Å². The average molecular weight is 308 g/mol. The van der Waals surface area contributed by atoms with Crippen molar-refractivity contribution in [2.24, 2.45) is 5.73 Å². The van der Waals surface area contributed by atoms with Crippen molar-refractivity contribution in [3.8, 4) is 0 Å². The Morgan fingerprint density at radius 1 is 1.04 bits per heavy atom. The summed E-state index contributed by atoms with van der Waals surface area (Å²) in [5, 5.41) is 0. The summed E-state index contributed by atoms with van der Waals surface area (Å²) in [4.78, 5) is 14.9. The molecule has 0 atom stereocenters. The normalized spacial score (nSPS) is 12.9. The summed E-state index contributed by atoms with van der Waals surface area (Å²) in [6.45, 7) is 1.93. The summed E-state index contributed by atoms with van der Waals surface area (Å²) >= 11 is 0. The quantitative estimate of drug-likeness (QED) is 0.891. The van der Waals surface area contributed by atoms with E-state index in [2.05, 4.69) is 24.3 Å². The number of aryl methyl sites for hydroxylation is 2. The number of hydrogen-bond donors (Lipinski definition) is 1. The number of amides is 1. The van der Waals surface area contributed by atoms with E-state index in [0.29, 0.717) is 19.6 Å². The molecule has 23 heavy (non-hydrogen) atoms. The van der Waals surface area contributed by atoms with Gasteiger partial charge in [0.15, 0.2) is 0 Å². The second-order valence-electron chi connectivity index (χ2n) is 6.19. The molecule has 2 N–H and O–H groups in total. The Hall–Kier alpha value is -2.13. The van der Waals surface area contributed by atoms with E-state index >= 15 is 0 Å². The summed E-state index contributed by atoms with van der Waals surface area (Å²) < 4.78 is 0. The van der Waals surface area contributed by atoms with Gasteiger partial charge in [0.1, 0.15) is 0 Å². The number of carbonyl (C=O) groups is 1. The third kappa shape index (κ3) is 3.80. The zero-order valence-electron chi connectivity index (χ0n) is 13.5. The lowest BCUT2D eigenvalue weighted by atomic mass is 10.1. The Balaban J connectivity index is 1.79. The molecule has 0 unspecified atom stereocenters. The van der Waals surface area contributed by atoms with Gasteiger partial charge in [-0.05, 0) is 61.1 Å². The molecular weight excluding hydrogens is 284 g/mol. The highest BCUT2D eigenvalue weighted by Gasteiger charge is 2.18. The van der Waals surface area contributed by atoms with Gasteiger partial charge in [0.05, 0.1) is 0 Å². The van der Waals surface area contributed by atoms with Gasteiger partial charge in [-0.2, -0.15) is 0 Å². The molecule has 0 saturated heterocycles. The zero-order chi connectivity index (χ0) is 16.1. The lowest BCUT2D eigenvalue weighted by molar-refractivity contribution is 0.0742. The molecule has 0 radical (unpaired) electrons. The predicted octanol–water partition coefficient (Wildman–Crippen LogP) is 3.17. The van der Waals surface area contributed by atoms with Gasteiger partial charge in [0.25, 0.3) is 5.91 Å². The maximum atomic E-state index is 12.9. The van der Waals surface area contributed by atoms with Crippen molar-refractivity contribution < 1.29 is 4.79 Å². The summed E-state index contributed by atoms with van der Waals surface area (Å²) in [6.07, 6.45) is 4.26. The van der Waals surface area contributed by atoms with Crippen molar-refractivity contribution in [2.45, 2.75) is 32.2 Å². The summed E-state index contributed by atoms with van der Waals surface area (Å²) in [5.74, 6) is 0.108. The molecule has 3 nitrogen and oxygen atoms in total. The van der Waals surface area contributed by atoms with Gasteiger partial charge in [-0.3, -0.25) is 4.79 Å². The third-order valence-corrected chi connectivity index (χ3v) is 4.48. The highest BCUT2D eigenvalue weighted by Crippen LogP contribution is 2.23. The van der Waals surface area contributed by atoms with Gasteiger partial charge in [-0.1, -0.05) is 36.4 Å². The van der Waals surface area contributed by atoms with Gasteiger partial charge in [-0.15, -0.1) is 0 Å². The fourth-order valence-electron chi connectivity index (χ4n) is 3.23. The van der Waals surface area contributed by atoms with Crippen molar-refractivity contribution in [1.29, 1.82) is 0 Å². The first-order valence-electron chi connectivity index (χ1n) is 8.43. The number of fused-ring (bicyclic) bond motifs is 1. The topological polar surface area (TPSA) is 46.3 Å². The molecule has 2 aromatic carbocycles. The highest BCUT2D eigenvalue weighted by molar-refractivity contribution is 5.94. The van der Waals surface area contributed by atoms with Crippen LogP contribution in [0.25, 0.3) is 0 Å². The van der Waals surface area contributed by atoms with Gasteiger partial charge in [-0.25, -0.2) is 0 Å². The largest absolute Gasteiger partial charge is 0.334 e. The Bertz CT molecular complexity index is 667. The van der Waals surface area contributed by atoms with Crippen LogP contribution < -0.4 is 5.73 Å². The molecule has 1 aliphatic carbocycles. The Labute approximate surface area is 138 Å². The van der Waals surface area contributed by atoms with Crippen LogP contribution >= 0.6 is 0 Å². The predicted molar refractivity (Wildman–Crippen MR) is 93.3 cm³/mol. The van der Waals surface area contributed by atoms with Crippen molar-refractivity contribution >= 4 is 5.91 Å². The zero-order valence-corrected chi connectivity index (χ0v) is 13.5. The average Bonchev–Trinajstić information content (AvgIpc) is 3.06. The molecule has 0 aliphatic heterocycles. The van der Waals surface area contributed by atoms with E-state index < -0.39 is 0 Å². The molecule has 0 spiro atoms. The molecule has 0 aromatic heterocycles. The van der Waals surface area contributed by atoms with Crippen molar-refractivity contribution in [3.05, 3.63) is 70.8 Å². The standard InChI is InChI=1S/C20H24N2O/c21-12-5-13-22(15-16-6-2-1-3-7-16)20(23)19-11-10-17-8-4-9-18(17)14-19/h1-3,6-7,10-11,14H,4-5,8-9,12-13,15,21H2. The van der Waals surface area contributed by atoms with Crippen LogP contribution in [0.2, 0.25) is 0 Å². The van der Waals surface area contributed by atoms with Crippen LogP contribution in [0.15, 0.2) is 48.5 Å². The van der Waals surface area contributed by atoms with Crippen molar-refractivity contribution in [1.82, 2.24) is 4.90 Å². The lowest BCUT2D eigenvalue weighted by Crippen LogP contribution is -2.32. The van der Waals surface area contributed by atoms with E-state index in [0.717, 1.165) is 30.4 Å². The van der Waals surface area contributed by atoms with Crippen LogP contribution in [0.5, 0.6) is 0 Å². The van der Waals surface area contributed by atoms with Crippen LogP contribution in [0.3, 0.4) is 0 Å². The first-order valence-corrected chi connectivity index (χ1v) is 8.43. The Morgan fingerprint density at radius 2 is 1.83 bits per heavy atom. The van der Waals surface area contributed by atoms with E-state index in [-0.39, 0.29) is 5.91 Å². The van der Waals surface area contributed by atoms with E-state index in [4.69, 9.17) is 5.73 Å². The van der Waals surface area contributed by atoms with Gasteiger partial charge >= 0.3 is 0 Å². The van der Waals surface area contributed by atoms with Crippen LogP contribution in [0.4, 0.5) is 0 Å². The number of benzene rings is 2. The molecule has 3 rings (SSSR count). The minimum Gasteiger partial charge on any atom is -0.334 e. The second kappa shape index (κ2) is 7.42. The Morgan fingerprint density at radius 3 is 2.61 bits per heavy atom. The monoisotopic (exact) mass is 308 g/mol. The number of carbonyl (C=O) groups excluding carboxylic acids is 1. The highest BCUT2D eigenvalue weighted by atomic mass is 16.2. The maximum absolute atomic E-state index is 12.9. The van der Waals surface area contributed by atoms with Crippen molar-refractivity contribution in [2.75, 3.05) is 13.1 Å².